The van der Waals surface area contributed by atoms with Crippen molar-refractivity contribution < 1.29 is 14.4 Å². The van der Waals surface area contributed by atoms with Crippen molar-refractivity contribution >= 4 is 6.09 Å². The van der Waals surface area contributed by atoms with E-state index < -0.39 is 5.60 Å². The van der Waals surface area contributed by atoms with Crippen LogP contribution >= 0.6 is 0 Å². The predicted octanol–water partition coefficient (Wildman–Crippen LogP) is 3.76. The van der Waals surface area contributed by atoms with E-state index in [2.05, 4.69) is 21.9 Å². The first-order valence-corrected chi connectivity index (χ1v) is 8.65. The van der Waals surface area contributed by atoms with Crippen molar-refractivity contribution in [3.05, 3.63) is 41.4 Å². The number of hydrogen-bond acceptors (Lipinski definition) is 5. The zero-order chi connectivity index (χ0) is 18.5. The number of pyridine rings is 1. The van der Waals surface area contributed by atoms with Crippen LogP contribution in [0.4, 0.5) is 4.79 Å². The van der Waals surface area contributed by atoms with Crippen LogP contribution in [0.15, 0.2) is 30.1 Å². The summed E-state index contributed by atoms with van der Waals surface area (Å²) in [7, 11) is 0. The fourth-order valence-electron chi connectivity index (χ4n) is 2.60. The molecule has 25 heavy (non-hydrogen) atoms. The van der Waals surface area contributed by atoms with Gasteiger partial charge in [0, 0.05) is 17.4 Å². The molecule has 1 aromatic heterocycles. The number of amides is 1. The van der Waals surface area contributed by atoms with Gasteiger partial charge in [0.05, 0.1) is 5.69 Å². The molecule has 0 saturated heterocycles. The highest BCUT2D eigenvalue weighted by Gasteiger charge is 2.30. The van der Waals surface area contributed by atoms with Crippen LogP contribution in [0.2, 0.25) is 0 Å². The van der Waals surface area contributed by atoms with Crippen LogP contribution in [0.25, 0.3) is 0 Å². The van der Waals surface area contributed by atoms with Gasteiger partial charge in [-0.25, -0.2) is 4.79 Å². The maximum Gasteiger partial charge on any atom is 0.408 e. The van der Waals surface area contributed by atoms with Gasteiger partial charge in [-0.2, -0.15) is 0 Å². The Kier molecular flexibility index (Phi) is 6.06. The third-order valence-electron chi connectivity index (χ3n) is 3.94. The summed E-state index contributed by atoms with van der Waals surface area (Å²) in [6.45, 7) is 10.0. The van der Waals surface area contributed by atoms with Crippen molar-refractivity contribution in [2.45, 2.75) is 71.6 Å². The van der Waals surface area contributed by atoms with Crippen molar-refractivity contribution in [3.8, 4) is 0 Å². The highest BCUT2D eigenvalue weighted by molar-refractivity contribution is 5.68. The lowest BCUT2D eigenvalue weighted by Crippen LogP contribution is -2.49. The van der Waals surface area contributed by atoms with Gasteiger partial charge in [0.1, 0.15) is 12.2 Å². The van der Waals surface area contributed by atoms with E-state index in [1.54, 1.807) is 6.20 Å². The van der Waals surface area contributed by atoms with Crippen LogP contribution in [0.1, 0.15) is 58.2 Å². The average molecular weight is 347 g/mol. The number of ether oxygens (including phenoxy) is 1. The summed E-state index contributed by atoms with van der Waals surface area (Å²) in [6.07, 6.45) is 5.80. The van der Waals surface area contributed by atoms with Crippen molar-refractivity contribution in [3.63, 3.8) is 0 Å². The van der Waals surface area contributed by atoms with Gasteiger partial charge in [-0.05, 0) is 71.6 Å². The van der Waals surface area contributed by atoms with Crippen LogP contribution in [0, 0.1) is 6.92 Å². The first-order chi connectivity index (χ1) is 11.7. The zero-order valence-corrected chi connectivity index (χ0v) is 15.8. The Balaban J connectivity index is 1.78. The lowest BCUT2D eigenvalue weighted by Gasteiger charge is -2.34. The summed E-state index contributed by atoms with van der Waals surface area (Å²) < 4.78 is 5.34. The molecule has 2 N–H and O–H groups in total. The Hall–Kier alpha value is -2.08. The molecule has 0 saturated carbocycles. The fourth-order valence-corrected chi connectivity index (χ4v) is 2.60. The molecule has 0 spiro atoms. The van der Waals surface area contributed by atoms with E-state index in [1.807, 2.05) is 46.8 Å². The molecule has 2 rings (SSSR count). The van der Waals surface area contributed by atoms with Gasteiger partial charge in [-0.15, -0.1) is 0 Å². The van der Waals surface area contributed by atoms with Gasteiger partial charge in [0.2, 0.25) is 0 Å². The Morgan fingerprint density at radius 2 is 2.16 bits per heavy atom. The number of allylic oxidation sites excluding steroid dienone is 1. The Morgan fingerprint density at radius 1 is 1.40 bits per heavy atom. The molecule has 138 valence electrons. The molecule has 6 heteroatoms. The summed E-state index contributed by atoms with van der Waals surface area (Å²) in [4.78, 5) is 21.8. The quantitative estimate of drug-likeness (QED) is 0.794. The number of aromatic nitrogens is 1. The molecule has 0 bridgehead atoms. The van der Waals surface area contributed by atoms with Gasteiger partial charge >= 0.3 is 6.09 Å². The van der Waals surface area contributed by atoms with Crippen LogP contribution in [0.5, 0.6) is 0 Å². The molecule has 0 radical (unpaired) electrons. The Morgan fingerprint density at radius 3 is 2.76 bits per heavy atom. The summed E-state index contributed by atoms with van der Waals surface area (Å²) >= 11 is 0. The number of nitrogens with zero attached hydrogens (tertiary/aromatic N) is 1. The van der Waals surface area contributed by atoms with Gasteiger partial charge in [0.25, 0.3) is 0 Å². The fraction of sp³-hybridized carbons (Fsp3) is 0.579. The molecule has 6 nitrogen and oxygen atoms in total. The van der Waals surface area contributed by atoms with Gasteiger partial charge in [-0.1, -0.05) is 6.08 Å². The minimum Gasteiger partial charge on any atom is -0.444 e. The van der Waals surface area contributed by atoms with Crippen LogP contribution < -0.4 is 10.8 Å². The topological polar surface area (TPSA) is 72.5 Å². The normalized spacial score (nSPS) is 20.6. The second-order valence-electron chi connectivity index (χ2n) is 7.84. The average Bonchev–Trinajstić information content (AvgIpc) is 2.47. The van der Waals surface area contributed by atoms with Crippen LogP contribution in [-0.4, -0.2) is 22.2 Å². The summed E-state index contributed by atoms with van der Waals surface area (Å²) in [5, 5.41) is 2.98. The Bertz CT molecular complexity index is 637. The third kappa shape index (κ3) is 6.74. The third-order valence-corrected chi connectivity index (χ3v) is 3.94. The molecule has 0 fully saturated rings. The number of hydrogen-bond donors (Lipinski definition) is 2. The van der Waals surface area contributed by atoms with Crippen molar-refractivity contribution in [2.24, 2.45) is 0 Å². The number of rotatable bonds is 5. The van der Waals surface area contributed by atoms with E-state index in [0.717, 1.165) is 36.2 Å². The SMILES string of the molecule is Cc1ccnc(CONC2=CCC(C)(NC(=O)OC(C)(C)C)CC2)c1. The van der Waals surface area contributed by atoms with Crippen LogP contribution in [0.3, 0.4) is 0 Å². The summed E-state index contributed by atoms with van der Waals surface area (Å²) in [5.74, 6) is 0. The van der Waals surface area contributed by atoms with Crippen LogP contribution in [-0.2, 0) is 16.2 Å². The lowest BCUT2D eigenvalue weighted by molar-refractivity contribution is 0.0384. The smallest absolute Gasteiger partial charge is 0.408 e. The first kappa shape index (κ1) is 19.2. The predicted molar refractivity (Wildman–Crippen MR) is 96.6 cm³/mol. The zero-order valence-electron chi connectivity index (χ0n) is 15.8. The maximum atomic E-state index is 12.0. The number of aryl methyl sites for hydroxylation is 1. The monoisotopic (exact) mass is 347 g/mol. The molecular weight excluding hydrogens is 318 g/mol. The first-order valence-electron chi connectivity index (χ1n) is 8.65. The van der Waals surface area contributed by atoms with Gasteiger partial charge in [-0.3, -0.25) is 15.3 Å². The van der Waals surface area contributed by atoms with E-state index in [0.29, 0.717) is 6.61 Å². The summed E-state index contributed by atoms with van der Waals surface area (Å²) in [6, 6.07) is 3.96. The lowest BCUT2D eigenvalue weighted by atomic mass is 9.86. The number of alkyl carbamates (subject to hydrolysis) is 1. The van der Waals surface area contributed by atoms with Gasteiger partial charge < -0.3 is 10.1 Å². The van der Waals surface area contributed by atoms with E-state index in [9.17, 15) is 4.79 Å². The van der Waals surface area contributed by atoms with Crippen molar-refractivity contribution in [2.75, 3.05) is 0 Å². The highest BCUT2D eigenvalue weighted by atomic mass is 16.6. The minimum atomic E-state index is -0.491. The largest absolute Gasteiger partial charge is 0.444 e. The molecule has 1 atom stereocenters. The molecule has 1 aromatic rings. The summed E-state index contributed by atoms with van der Waals surface area (Å²) in [5.41, 5.74) is 5.28. The number of hydroxylamine groups is 1. The van der Waals surface area contributed by atoms with Crippen molar-refractivity contribution in [1.82, 2.24) is 15.8 Å². The van der Waals surface area contributed by atoms with Gasteiger partial charge in [0.15, 0.2) is 0 Å². The number of carbonyl (C=O) groups is 1. The standard InChI is InChI=1S/C19H29N3O3/c1-14-8-11-20-16(12-14)13-24-22-15-6-9-19(5,10-7-15)21-17(23)25-18(2,3)4/h6,8,11-12,22H,7,9-10,13H2,1-5H3,(H,21,23). The molecule has 0 aromatic carbocycles. The highest BCUT2D eigenvalue weighted by Crippen LogP contribution is 2.26. The molecule has 1 unspecified atom stereocenters. The second-order valence-corrected chi connectivity index (χ2v) is 7.84. The number of nitrogens with one attached hydrogen (secondary N) is 2. The molecule has 0 aliphatic heterocycles. The van der Waals surface area contributed by atoms with E-state index in [4.69, 9.17) is 9.57 Å². The second kappa shape index (κ2) is 7.87. The minimum absolute atomic E-state index is 0.300. The molecule has 1 heterocycles. The Labute approximate surface area is 150 Å². The number of carbonyl (C=O) groups excluding carboxylic acids is 1. The molecular formula is C19H29N3O3. The van der Waals surface area contributed by atoms with E-state index in [-0.39, 0.29) is 11.6 Å². The molecule has 1 aliphatic rings. The molecule has 1 aliphatic carbocycles. The van der Waals surface area contributed by atoms with E-state index >= 15 is 0 Å². The van der Waals surface area contributed by atoms with Crippen molar-refractivity contribution in [1.29, 1.82) is 0 Å². The molecule has 1 amide bonds. The maximum absolute atomic E-state index is 12.0. The van der Waals surface area contributed by atoms with E-state index in [1.165, 1.54) is 0 Å².